The number of nitrogens with zero attached hydrogens (tertiary/aromatic N) is 1. The van der Waals surface area contributed by atoms with Gasteiger partial charge < -0.3 is 9.16 Å². The molecule has 0 saturated carbocycles. The SMILES string of the molecule is Cc1cc2n(c1O[Si](C)(C)C(C)(C)C)C(c1ccccc1)OC2. The van der Waals surface area contributed by atoms with Gasteiger partial charge in [0.25, 0.3) is 8.32 Å². The lowest BCUT2D eigenvalue weighted by Crippen LogP contribution is -2.44. The molecule has 3 nitrogen and oxygen atoms in total. The van der Waals surface area contributed by atoms with Gasteiger partial charge in [-0.2, -0.15) is 0 Å². The van der Waals surface area contributed by atoms with Crippen LogP contribution in [0.2, 0.25) is 18.1 Å². The lowest BCUT2D eigenvalue weighted by Gasteiger charge is -2.37. The second-order valence-electron chi connectivity index (χ2n) is 7.93. The predicted octanol–water partition coefficient (Wildman–Crippen LogP) is 5.26. The molecule has 23 heavy (non-hydrogen) atoms. The topological polar surface area (TPSA) is 23.4 Å². The summed E-state index contributed by atoms with van der Waals surface area (Å²) in [5, 5.41) is 0.172. The predicted molar refractivity (Wildman–Crippen MR) is 96.4 cm³/mol. The molecule has 124 valence electrons. The molecular weight excluding hydrogens is 302 g/mol. The first-order chi connectivity index (χ1) is 10.7. The van der Waals surface area contributed by atoms with Crippen LogP contribution >= 0.6 is 0 Å². The summed E-state index contributed by atoms with van der Waals surface area (Å²) in [5.41, 5.74) is 3.57. The van der Waals surface area contributed by atoms with Gasteiger partial charge in [-0.3, -0.25) is 4.57 Å². The Morgan fingerprint density at radius 1 is 1.17 bits per heavy atom. The van der Waals surface area contributed by atoms with Crippen molar-refractivity contribution >= 4 is 8.32 Å². The molecule has 0 spiro atoms. The van der Waals surface area contributed by atoms with Gasteiger partial charge in [-0.15, -0.1) is 0 Å². The second kappa shape index (κ2) is 5.53. The quantitative estimate of drug-likeness (QED) is 0.717. The number of rotatable bonds is 3. The lowest BCUT2D eigenvalue weighted by molar-refractivity contribution is 0.0600. The zero-order chi connectivity index (χ0) is 16.8. The summed E-state index contributed by atoms with van der Waals surface area (Å²) in [4.78, 5) is 0. The average Bonchev–Trinajstić information content (AvgIpc) is 2.99. The van der Waals surface area contributed by atoms with Gasteiger partial charge in [0.2, 0.25) is 0 Å². The van der Waals surface area contributed by atoms with E-state index in [0.29, 0.717) is 6.61 Å². The molecule has 2 heterocycles. The highest BCUT2D eigenvalue weighted by atomic mass is 28.4. The van der Waals surface area contributed by atoms with Gasteiger partial charge >= 0.3 is 0 Å². The van der Waals surface area contributed by atoms with Gasteiger partial charge in [0, 0.05) is 11.1 Å². The highest BCUT2D eigenvalue weighted by Crippen LogP contribution is 2.42. The molecule has 2 aromatic rings. The molecule has 0 saturated heterocycles. The van der Waals surface area contributed by atoms with E-state index in [2.05, 4.69) is 75.7 Å². The van der Waals surface area contributed by atoms with E-state index in [1.165, 1.54) is 16.8 Å². The van der Waals surface area contributed by atoms with Crippen LogP contribution in [-0.4, -0.2) is 12.9 Å². The summed E-state index contributed by atoms with van der Waals surface area (Å²) < 4.78 is 14.9. The Morgan fingerprint density at radius 2 is 1.83 bits per heavy atom. The molecule has 1 aliphatic heterocycles. The van der Waals surface area contributed by atoms with Gasteiger partial charge in [-0.1, -0.05) is 51.1 Å². The minimum atomic E-state index is -1.89. The third-order valence-electron chi connectivity index (χ3n) is 5.12. The maximum absolute atomic E-state index is 6.65. The van der Waals surface area contributed by atoms with Crippen LogP contribution in [0.5, 0.6) is 5.88 Å². The van der Waals surface area contributed by atoms with Crippen LogP contribution in [0.4, 0.5) is 0 Å². The fraction of sp³-hybridized carbons (Fsp3) is 0.474. The van der Waals surface area contributed by atoms with Crippen LogP contribution < -0.4 is 4.43 Å². The molecule has 0 N–H and O–H groups in total. The molecule has 1 aromatic heterocycles. The molecule has 1 aliphatic rings. The van der Waals surface area contributed by atoms with Crippen molar-refractivity contribution in [2.75, 3.05) is 0 Å². The summed E-state index contributed by atoms with van der Waals surface area (Å²) in [6.07, 6.45) is -0.0836. The summed E-state index contributed by atoms with van der Waals surface area (Å²) in [6.45, 7) is 14.2. The first-order valence-electron chi connectivity index (χ1n) is 8.27. The molecule has 0 aliphatic carbocycles. The fourth-order valence-electron chi connectivity index (χ4n) is 2.70. The summed E-state index contributed by atoms with van der Waals surface area (Å²) >= 11 is 0. The maximum Gasteiger partial charge on any atom is 0.252 e. The molecule has 0 fully saturated rings. The Kier molecular flexibility index (Phi) is 3.93. The van der Waals surface area contributed by atoms with Crippen molar-refractivity contribution < 1.29 is 9.16 Å². The minimum Gasteiger partial charge on any atom is -0.532 e. The standard InChI is InChI=1S/C19H27NO2Si/c1-14-12-16-13-21-18(15-10-8-7-9-11-15)20(16)17(14)22-23(5,6)19(2,3)4/h7-12,18H,13H2,1-6H3. The first kappa shape index (κ1) is 16.3. The van der Waals surface area contributed by atoms with Crippen LogP contribution in [-0.2, 0) is 11.3 Å². The Labute approximate surface area is 140 Å². The van der Waals surface area contributed by atoms with Crippen molar-refractivity contribution in [2.24, 2.45) is 0 Å². The smallest absolute Gasteiger partial charge is 0.252 e. The maximum atomic E-state index is 6.65. The normalized spacial score (nSPS) is 18.1. The summed E-state index contributed by atoms with van der Waals surface area (Å²) in [6, 6.07) is 12.6. The highest BCUT2D eigenvalue weighted by molar-refractivity contribution is 6.74. The molecule has 4 heteroatoms. The minimum absolute atomic E-state index is 0.0836. The summed E-state index contributed by atoms with van der Waals surface area (Å²) in [7, 11) is -1.89. The highest BCUT2D eigenvalue weighted by Gasteiger charge is 2.41. The average molecular weight is 330 g/mol. The Bertz CT molecular complexity index is 698. The first-order valence-corrected chi connectivity index (χ1v) is 11.2. The van der Waals surface area contributed by atoms with E-state index in [0.717, 1.165) is 5.88 Å². The second-order valence-corrected chi connectivity index (χ2v) is 12.7. The molecule has 1 unspecified atom stereocenters. The van der Waals surface area contributed by atoms with E-state index in [1.54, 1.807) is 0 Å². The van der Waals surface area contributed by atoms with Gasteiger partial charge in [-0.25, -0.2) is 0 Å². The third kappa shape index (κ3) is 2.86. The molecule has 0 radical (unpaired) electrons. The van der Waals surface area contributed by atoms with Crippen molar-refractivity contribution in [3.05, 3.63) is 53.2 Å². The number of hydrogen-bond acceptors (Lipinski definition) is 2. The number of hydrogen-bond donors (Lipinski definition) is 0. The van der Waals surface area contributed by atoms with E-state index in [-0.39, 0.29) is 11.3 Å². The van der Waals surface area contributed by atoms with Crippen LogP contribution in [0.25, 0.3) is 0 Å². The Morgan fingerprint density at radius 3 is 2.43 bits per heavy atom. The van der Waals surface area contributed by atoms with Crippen LogP contribution in [0.15, 0.2) is 36.4 Å². The Balaban J connectivity index is 2.01. The van der Waals surface area contributed by atoms with Crippen molar-refractivity contribution in [3.8, 4) is 5.88 Å². The van der Waals surface area contributed by atoms with E-state index in [1.807, 2.05) is 6.07 Å². The number of aromatic nitrogens is 1. The van der Waals surface area contributed by atoms with E-state index in [4.69, 9.17) is 9.16 Å². The zero-order valence-corrected chi connectivity index (χ0v) is 16.0. The number of aryl methyl sites for hydroxylation is 1. The van der Waals surface area contributed by atoms with Crippen LogP contribution in [0, 0.1) is 6.92 Å². The summed E-state index contributed by atoms with van der Waals surface area (Å²) in [5.74, 6) is 0.984. The van der Waals surface area contributed by atoms with Crippen molar-refractivity contribution in [1.82, 2.24) is 4.57 Å². The van der Waals surface area contributed by atoms with Crippen molar-refractivity contribution in [3.63, 3.8) is 0 Å². The van der Waals surface area contributed by atoms with Gasteiger partial charge in [0.05, 0.1) is 12.3 Å². The number of benzene rings is 1. The monoisotopic (exact) mass is 329 g/mol. The van der Waals surface area contributed by atoms with E-state index >= 15 is 0 Å². The lowest BCUT2D eigenvalue weighted by atomic mass is 10.2. The molecule has 1 aromatic carbocycles. The largest absolute Gasteiger partial charge is 0.532 e. The van der Waals surface area contributed by atoms with E-state index < -0.39 is 8.32 Å². The number of fused-ring (bicyclic) bond motifs is 1. The van der Waals surface area contributed by atoms with Crippen molar-refractivity contribution in [2.45, 2.75) is 58.7 Å². The van der Waals surface area contributed by atoms with Gasteiger partial charge in [0.1, 0.15) is 0 Å². The molecular formula is C19H27NO2Si. The van der Waals surface area contributed by atoms with Gasteiger partial charge in [0.15, 0.2) is 12.1 Å². The Hall–Kier alpha value is -1.52. The van der Waals surface area contributed by atoms with E-state index in [9.17, 15) is 0 Å². The molecule has 0 bridgehead atoms. The fourth-order valence-corrected chi connectivity index (χ4v) is 3.75. The molecule has 1 atom stereocenters. The third-order valence-corrected chi connectivity index (χ3v) is 9.43. The van der Waals surface area contributed by atoms with Crippen LogP contribution in [0.1, 0.15) is 43.8 Å². The molecule has 3 rings (SSSR count). The number of ether oxygens (including phenoxy) is 1. The van der Waals surface area contributed by atoms with Crippen molar-refractivity contribution in [1.29, 1.82) is 0 Å². The molecule has 0 amide bonds. The van der Waals surface area contributed by atoms with Crippen LogP contribution in [0.3, 0.4) is 0 Å². The van der Waals surface area contributed by atoms with Gasteiger partial charge in [-0.05, 0) is 31.1 Å². The zero-order valence-electron chi connectivity index (χ0n) is 15.0.